The molecular formula is C11H11BrN2O2S2. The van der Waals surface area contributed by atoms with E-state index in [1.165, 1.54) is 11.3 Å². The molecule has 0 aliphatic rings. The van der Waals surface area contributed by atoms with Crippen molar-refractivity contribution >= 4 is 43.0 Å². The lowest BCUT2D eigenvalue weighted by molar-refractivity contribution is 0.603. The number of anilines is 1. The molecule has 0 aliphatic heterocycles. The van der Waals surface area contributed by atoms with Crippen LogP contribution in [0.3, 0.4) is 0 Å². The zero-order valence-electron chi connectivity index (χ0n) is 9.77. The van der Waals surface area contributed by atoms with Gasteiger partial charge >= 0.3 is 0 Å². The van der Waals surface area contributed by atoms with Crippen LogP contribution in [0.5, 0.6) is 0 Å². The molecule has 0 bridgehead atoms. The molecule has 0 aromatic carbocycles. The van der Waals surface area contributed by atoms with Crippen molar-refractivity contribution < 1.29 is 8.42 Å². The minimum atomic E-state index is -3.51. The molecule has 0 unspecified atom stereocenters. The molecule has 18 heavy (non-hydrogen) atoms. The van der Waals surface area contributed by atoms with Gasteiger partial charge in [0.1, 0.15) is 8.81 Å². The molecule has 0 spiro atoms. The number of hydrogen-bond acceptors (Lipinski definition) is 4. The van der Waals surface area contributed by atoms with Gasteiger partial charge in [0.25, 0.3) is 10.0 Å². The van der Waals surface area contributed by atoms with E-state index >= 15 is 0 Å². The van der Waals surface area contributed by atoms with Gasteiger partial charge < -0.3 is 0 Å². The summed E-state index contributed by atoms with van der Waals surface area (Å²) < 4.78 is 27.7. The molecule has 0 saturated heterocycles. The fourth-order valence-electron chi connectivity index (χ4n) is 1.39. The van der Waals surface area contributed by atoms with Crippen LogP contribution in [0.2, 0.25) is 0 Å². The normalized spacial score (nSPS) is 11.5. The van der Waals surface area contributed by atoms with Crippen molar-refractivity contribution in [2.75, 3.05) is 4.72 Å². The number of thiophene rings is 1. The summed E-state index contributed by atoms with van der Waals surface area (Å²) in [6.07, 6.45) is 0. The Labute approximate surface area is 118 Å². The first kappa shape index (κ1) is 13.5. The van der Waals surface area contributed by atoms with E-state index < -0.39 is 10.0 Å². The number of pyridine rings is 1. The lowest BCUT2D eigenvalue weighted by Crippen LogP contribution is -2.12. The fourth-order valence-corrected chi connectivity index (χ4v) is 4.19. The van der Waals surface area contributed by atoms with Crippen LogP contribution in [0.1, 0.15) is 10.6 Å². The van der Waals surface area contributed by atoms with Gasteiger partial charge in [-0.3, -0.25) is 4.72 Å². The van der Waals surface area contributed by atoms with E-state index in [0.29, 0.717) is 20.2 Å². The van der Waals surface area contributed by atoms with Gasteiger partial charge in [0.2, 0.25) is 0 Å². The number of rotatable bonds is 3. The Balaban J connectivity index is 2.33. The molecule has 0 radical (unpaired) electrons. The summed E-state index contributed by atoms with van der Waals surface area (Å²) >= 11 is 4.48. The Kier molecular flexibility index (Phi) is 3.74. The summed E-state index contributed by atoms with van der Waals surface area (Å²) in [5.74, 6) is 0. The third-order valence-electron chi connectivity index (χ3n) is 2.28. The van der Waals surface area contributed by atoms with E-state index in [2.05, 4.69) is 25.6 Å². The van der Waals surface area contributed by atoms with Crippen LogP contribution in [-0.2, 0) is 10.0 Å². The van der Waals surface area contributed by atoms with Crippen LogP contribution < -0.4 is 4.72 Å². The molecule has 2 aromatic rings. The van der Waals surface area contributed by atoms with Gasteiger partial charge in [-0.15, -0.1) is 11.3 Å². The molecule has 2 aromatic heterocycles. The first-order chi connectivity index (χ1) is 8.38. The number of sulfonamides is 1. The van der Waals surface area contributed by atoms with Gasteiger partial charge in [0, 0.05) is 4.88 Å². The smallest absolute Gasteiger partial charge is 0.271 e. The maximum atomic E-state index is 12.1. The molecule has 7 heteroatoms. The molecule has 4 nitrogen and oxygen atoms in total. The third kappa shape index (κ3) is 2.90. The highest BCUT2D eigenvalue weighted by atomic mass is 79.9. The number of hydrogen-bond donors (Lipinski definition) is 1. The van der Waals surface area contributed by atoms with Gasteiger partial charge in [-0.1, -0.05) is 0 Å². The van der Waals surface area contributed by atoms with Crippen molar-refractivity contribution in [3.8, 4) is 0 Å². The van der Waals surface area contributed by atoms with E-state index in [1.54, 1.807) is 31.2 Å². The maximum Gasteiger partial charge on any atom is 0.271 e. The van der Waals surface area contributed by atoms with Crippen molar-refractivity contribution in [2.24, 2.45) is 0 Å². The average molecular weight is 347 g/mol. The predicted molar refractivity (Wildman–Crippen MR) is 76.5 cm³/mol. The molecular weight excluding hydrogens is 336 g/mol. The van der Waals surface area contributed by atoms with E-state index in [9.17, 15) is 8.42 Å². The van der Waals surface area contributed by atoms with Crippen LogP contribution in [0.4, 0.5) is 5.69 Å². The fraction of sp³-hybridized carbons (Fsp3) is 0.182. The van der Waals surface area contributed by atoms with E-state index in [1.807, 2.05) is 6.92 Å². The molecule has 0 aliphatic carbocycles. The summed E-state index contributed by atoms with van der Waals surface area (Å²) in [4.78, 5) is 5.11. The Hall–Kier alpha value is -0.920. The molecule has 96 valence electrons. The van der Waals surface area contributed by atoms with Gasteiger partial charge in [0.05, 0.1) is 11.4 Å². The summed E-state index contributed by atoms with van der Waals surface area (Å²) in [6, 6.07) is 6.77. The highest BCUT2D eigenvalue weighted by Crippen LogP contribution is 2.25. The molecule has 1 N–H and O–H groups in total. The Morgan fingerprint density at radius 1 is 1.22 bits per heavy atom. The number of nitrogens with one attached hydrogen (secondary N) is 1. The van der Waals surface area contributed by atoms with Crippen molar-refractivity contribution in [3.63, 3.8) is 0 Å². The number of halogens is 1. The van der Waals surface area contributed by atoms with Crippen molar-refractivity contribution in [2.45, 2.75) is 18.1 Å². The second kappa shape index (κ2) is 4.99. The molecule has 0 saturated carbocycles. The van der Waals surface area contributed by atoms with Crippen LogP contribution in [-0.4, -0.2) is 13.4 Å². The second-order valence-electron chi connectivity index (χ2n) is 3.74. The lowest BCUT2D eigenvalue weighted by Gasteiger charge is -2.08. The Bertz CT molecular complexity index is 680. The zero-order chi connectivity index (χ0) is 13.3. The standard InChI is InChI=1S/C11H11BrN2O2S2/c1-7-3-6-11(17-7)18(15,16)14-9-4-5-10(12)13-8(9)2/h3-6,14H,1-2H3. The summed E-state index contributed by atoms with van der Waals surface area (Å²) in [7, 11) is -3.51. The maximum absolute atomic E-state index is 12.1. The van der Waals surface area contributed by atoms with Crippen molar-refractivity contribution in [3.05, 3.63) is 39.4 Å². The minimum absolute atomic E-state index is 0.308. The van der Waals surface area contributed by atoms with Crippen LogP contribution >= 0.6 is 27.3 Å². The average Bonchev–Trinajstić information content (AvgIpc) is 2.70. The highest BCUT2D eigenvalue weighted by Gasteiger charge is 2.17. The summed E-state index contributed by atoms with van der Waals surface area (Å²) in [6.45, 7) is 3.62. The van der Waals surface area contributed by atoms with Crippen molar-refractivity contribution in [1.29, 1.82) is 0 Å². The Morgan fingerprint density at radius 2 is 1.94 bits per heavy atom. The SMILES string of the molecule is Cc1ccc(S(=O)(=O)Nc2ccc(Br)nc2C)s1. The number of nitrogens with zero attached hydrogens (tertiary/aromatic N) is 1. The highest BCUT2D eigenvalue weighted by molar-refractivity contribution is 9.10. The largest absolute Gasteiger partial charge is 0.277 e. The summed E-state index contributed by atoms with van der Waals surface area (Å²) in [5.41, 5.74) is 1.12. The quantitative estimate of drug-likeness (QED) is 0.867. The number of aryl methyl sites for hydroxylation is 2. The van der Waals surface area contributed by atoms with E-state index in [-0.39, 0.29) is 0 Å². The van der Waals surface area contributed by atoms with Crippen molar-refractivity contribution in [1.82, 2.24) is 4.98 Å². The third-order valence-corrected chi connectivity index (χ3v) is 5.58. The Morgan fingerprint density at radius 3 is 2.50 bits per heavy atom. The van der Waals surface area contributed by atoms with Crippen LogP contribution in [0.25, 0.3) is 0 Å². The van der Waals surface area contributed by atoms with E-state index in [4.69, 9.17) is 0 Å². The van der Waals surface area contributed by atoms with Gasteiger partial charge in [0.15, 0.2) is 0 Å². The molecule has 0 fully saturated rings. The second-order valence-corrected chi connectivity index (χ2v) is 7.75. The molecule has 2 heterocycles. The predicted octanol–water partition coefficient (Wildman–Crippen LogP) is 3.32. The van der Waals surface area contributed by atoms with Crippen LogP contribution in [0.15, 0.2) is 33.1 Å². The van der Waals surface area contributed by atoms with Gasteiger partial charge in [-0.25, -0.2) is 13.4 Å². The topological polar surface area (TPSA) is 59.1 Å². The van der Waals surface area contributed by atoms with Gasteiger partial charge in [-0.2, -0.15) is 0 Å². The van der Waals surface area contributed by atoms with E-state index in [0.717, 1.165) is 4.88 Å². The first-order valence-corrected chi connectivity index (χ1v) is 8.20. The van der Waals surface area contributed by atoms with Crippen LogP contribution in [0, 0.1) is 13.8 Å². The molecule has 0 amide bonds. The molecule has 2 rings (SSSR count). The first-order valence-electron chi connectivity index (χ1n) is 5.11. The van der Waals surface area contributed by atoms with Gasteiger partial charge in [-0.05, 0) is 54.0 Å². The summed E-state index contributed by atoms with van der Waals surface area (Å²) in [5, 5.41) is 0. The minimum Gasteiger partial charge on any atom is -0.277 e. The number of aromatic nitrogens is 1. The lowest BCUT2D eigenvalue weighted by atomic mass is 10.3. The zero-order valence-corrected chi connectivity index (χ0v) is 13.0. The molecule has 0 atom stereocenters. The monoisotopic (exact) mass is 346 g/mol.